The van der Waals surface area contributed by atoms with Crippen LogP contribution in [0.3, 0.4) is 0 Å². The van der Waals surface area contributed by atoms with Crippen molar-refractivity contribution in [3.63, 3.8) is 0 Å². The van der Waals surface area contributed by atoms with Crippen LogP contribution in [-0.4, -0.2) is 57.4 Å². The topological polar surface area (TPSA) is 58.1 Å². The Morgan fingerprint density at radius 1 is 1.15 bits per heavy atom. The van der Waals surface area contributed by atoms with E-state index >= 15 is 0 Å². The highest BCUT2D eigenvalue weighted by Crippen LogP contribution is 2.17. The van der Waals surface area contributed by atoms with Crippen molar-refractivity contribution < 1.29 is 9.47 Å². The van der Waals surface area contributed by atoms with E-state index in [4.69, 9.17) is 9.47 Å². The number of nitrogens with one attached hydrogen (secondary N) is 2. The predicted molar refractivity (Wildman–Crippen MR) is 111 cm³/mol. The minimum Gasteiger partial charge on any atom is -0.492 e. The molecule has 0 aliphatic carbocycles. The largest absolute Gasteiger partial charge is 0.492 e. The van der Waals surface area contributed by atoms with E-state index in [1.54, 1.807) is 18.4 Å². The first-order chi connectivity index (χ1) is 13.3. The van der Waals surface area contributed by atoms with Gasteiger partial charge in [0.15, 0.2) is 5.96 Å². The number of nitrogens with zero attached hydrogens (tertiary/aromatic N) is 2. The minimum absolute atomic E-state index is 0.665. The van der Waals surface area contributed by atoms with Crippen molar-refractivity contribution in [3.8, 4) is 5.75 Å². The van der Waals surface area contributed by atoms with Gasteiger partial charge in [-0.25, -0.2) is 0 Å². The van der Waals surface area contributed by atoms with Crippen molar-refractivity contribution in [2.45, 2.75) is 13.1 Å². The smallest absolute Gasteiger partial charge is 0.191 e. The number of para-hydroxylation sites is 1. The number of benzene rings is 1. The minimum atomic E-state index is 0.665. The maximum Gasteiger partial charge on any atom is 0.191 e. The molecule has 0 unspecified atom stereocenters. The number of ether oxygens (including phenoxy) is 2. The Bertz CT molecular complexity index is 700. The van der Waals surface area contributed by atoms with Gasteiger partial charge in [0, 0.05) is 43.7 Å². The third-order valence-electron chi connectivity index (χ3n) is 4.42. The van der Waals surface area contributed by atoms with Crippen LogP contribution in [0, 0.1) is 0 Å². The third-order valence-corrected chi connectivity index (χ3v) is 5.30. The lowest BCUT2D eigenvalue weighted by molar-refractivity contribution is 0.0322. The average Bonchev–Trinajstić information content (AvgIpc) is 3.23. The van der Waals surface area contributed by atoms with Crippen molar-refractivity contribution >= 4 is 17.3 Å². The molecule has 1 saturated heterocycles. The second-order valence-electron chi connectivity index (χ2n) is 6.27. The predicted octanol–water partition coefficient (Wildman–Crippen LogP) is 2.32. The number of aliphatic imine (C=N–C) groups is 1. The molecular formula is C20H28N4O2S. The molecule has 0 saturated carbocycles. The van der Waals surface area contributed by atoms with Crippen LogP contribution in [0.25, 0.3) is 0 Å². The van der Waals surface area contributed by atoms with Crippen LogP contribution >= 0.6 is 11.3 Å². The van der Waals surface area contributed by atoms with Crippen molar-refractivity contribution in [3.05, 3.63) is 52.2 Å². The molecule has 7 heteroatoms. The lowest BCUT2D eigenvalue weighted by Crippen LogP contribution is -2.38. The first-order valence-electron chi connectivity index (χ1n) is 9.33. The molecule has 1 aliphatic heterocycles. The summed E-state index contributed by atoms with van der Waals surface area (Å²) in [4.78, 5) is 7.95. The molecule has 1 aliphatic rings. The average molecular weight is 389 g/mol. The molecule has 1 aromatic carbocycles. The normalized spacial score (nSPS) is 15.5. The molecule has 0 amide bonds. The molecule has 0 bridgehead atoms. The SMILES string of the molecule is CN=C(NCc1cccs1)NCc1ccccc1OCCN1CCOCC1. The Labute approximate surface area is 165 Å². The van der Waals surface area contributed by atoms with Crippen LogP contribution < -0.4 is 15.4 Å². The van der Waals surface area contributed by atoms with E-state index < -0.39 is 0 Å². The van der Waals surface area contributed by atoms with Crippen LogP contribution in [0.1, 0.15) is 10.4 Å². The van der Waals surface area contributed by atoms with Crippen molar-refractivity contribution in [2.75, 3.05) is 46.5 Å². The number of rotatable bonds is 8. The first kappa shape index (κ1) is 19.7. The molecule has 2 aromatic rings. The van der Waals surface area contributed by atoms with Crippen molar-refractivity contribution in [1.29, 1.82) is 0 Å². The fourth-order valence-corrected chi connectivity index (χ4v) is 3.53. The van der Waals surface area contributed by atoms with Gasteiger partial charge in [0.2, 0.25) is 0 Å². The lowest BCUT2D eigenvalue weighted by Gasteiger charge is -2.26. The zero-order valence-corrected chi connectivity index (χ0v) is 16.6. The summed E-state index contributed by atoms with van der Waals surface area (Å²) < 4.78 is 11.4. The second kappa shape index (κ2) is 10.9. The molecule has 146 valence electrons. The summed E-state index contributed by atoms with van der Waals surface area (Å²) in [5, 5.41) is 8.78. The molecule has 3 rings (SSSR count). The van der Waals surface area contributed by atoms with E-state index in [0.717, 1.165) is 56.7 Å². The molecule has 0 spiro atoms. The van der Waals surface area contributed by atoms with Crippen molar-refractivity contribution in [1.82, 2.24) is 15.5 Å². The number of guanidine groups is 1. The molecule has 0 atom stereocenters. The maximum atomic E-state index is 6.04. The van der Waals surface area contributed by atoms with E-state index in [2.05, 4.69) is 44.1 Å². The Kier molecular flexibility index (Phi) is 7.95. The Balaban J connectivity index is 1.46. The van der Waals surface area contributed by atoms with Gasteiger partial charge in [-0.3, -0.25) is 9.89 Å². The molecular weight excluding hydrogens is 360 g/mol. The van der Waals surface area contributed by atoms with Crippen LogP contribution in [0.5, 0.6) is 5.75 Å². The third kappa shape index (κ3) is 6.53. The summed E-state index contributed by atoms with van der Waals surface area (Å²) >= 11 is 1.74. The molecule has 2 N–H and O–H groups in total. The summed E-state index contributed by atoms with van der Waals surface area (Å²) in [6.07, 6.45) is 0. The van der Waals surface area contributed by atoms with Crippen LogP contribution in [0.15, 0.2) is 46.8 Å². The summed E-state index contributed by atoms with van der Waals surface area (Å²) in [5.74, 6) is 1.71. The summed E-state index contributed by atoms with van der Waals surface area (Å²) in [7, 11) is 1.79. The molecule has 2 heterocycles. The van der Waals surface area contributed by atoms with Gasteiger partial charge in [-0.05, 0) is 17.5 Å². The number of thiophene rings is 1. The van der Waals surface area contributed by atoms with Gasteiger partial charge in [-0.2, -0.15) is 0 Å². The molecule has 0 radical (unpaired) electrons. The molecule has 27 heavy (non-hydrogen) atoms. The van der Waals surface area contributed by atoms with E-state index in [-0.39, 0.29) is 0 Å². The van der Waals surface area contributed by atoms with Gasteiger partial charge in [-0.15, -0.1) is 11.3 Å². The number of hydrogen-bond acceptors (Lipinski definition) is 5. The maximum absolute atomic E-state index is 6.04. The van der Waals surface area contributed by atoms with Gasteiger partial charge >= 0.3 is 0 Å². The monoisotopic (exact) mass is 388 g/mol. The number of hydrogen-bond donors (Lipinski definition) is 2. The van der Waals surface area contributed by atoms with E-state index in [1.807, 2.05) is 18.2 Å². The number of morpholine rings is 1. The Hall–Kier alpha value is -2.09. The van der Waals surface area contributed by atoms with E-state index in [1.165, 1.54) is 4.88 Å². The van der Waals surface area contributed by atoms with Gasteiger partial charge < -0.3 is 20.1 Å². The fraction of sp³-hybridized carbons (Fsp3) is 0.450. The molecule has 6 nitrogen and oxygen atoms in total. The highest BCUT2D eigenvalue weighted by molar-refractivity contribution is 7.09. The van der Waals surface area contributed by atoms with Gasteiger partial charge in [0.25, 0.3) is 0 Å². The van der Waals surface area contributed by atoms with E-state index in [0.29, 0.717) is 13.2 Å². The Morgan fingerprint density at radius 3 is 2.74 bits per heavy atom. The highest BCUT2D eigenvalue weighted by Gasteiger charge is 2.10. The van der Waals surface area contributed by atoms with Crippen LogP contribution in [0.4, 0.5) is 0 Å². The van der Waals surface area contributed by atoms with Crippen molar-refractivity contribution in [2.24, 2.45) is 4.99 Å². The zero-order valence-electron chi connectivity index (χ0n) is 15.8. The Morgan fingerprint density at radius 2 is 1.96 bits per heavy atom. The molecule has 1 aromatic heterocycles. The summed E-state index contributed by atoms with van der Waals surface area (Å²) in [5.41, 5.74) is 1.12. The molecule has 1 fully saturated rings. The fourth-order valence-electron chi connectivity index (χ4n) is 2.88. The quantitative estimate of drug-likeness (QED) is 0.537. The lowest BCUT2D eigenvalue weighted by atomic mass is 10.2. The van der Waals surface area contributed by atoms with Crippen LogP contribution in [-0.2, 0) is 17.8 Å². The van der Waals surface area contributed by atoms with Gasteiger partial charge in [0.1, 0.15) is 12.4 Å². The van der Waals surface area contributed by atoms with Gasteiger partial charge in [-0.1, -0.05) is 24.3 Å². The zero-order chi connectivity index (χ0) is 18.7. The van der Waals surface area contributed by atoms with E-state index in [9.17, 15) is 0 Å². The standard InChI is InChI=1S/C20H28N4O2S/c1-21-20(23-16-18-6-4-14-27-18)22-15-17-5-2-3-7-19(17)26-13-10-24-8-11-25-12-9-24/h2-7,14H,8-13,15-16H2,1H3,(H2,21,22,23). The van der Waals surface area contributed by atoms with Crippen LogP contribution in [0.2, 0.25) is 0 Å². The second-order valence-corrected chi connectivity index (χ2v) is 7.30. The first-order valence-corrected chi connectivity index (χ1v) is 10.2. The summed E-state index contributed by atoms with van der Waals surface area (Å²) in [6.45, 7) is 6.65. The van der Waals surface area contributed by atoms with Gasteiger partial charge in [0.05, 0.1) is 19.8 Å². The highest BCUT2D eigenvalue weighted by atomic mass is 32.1. The summed E-state index contributed by atoms with van der Waals surface area (Å²) in [6, 6.07) is 12.3.